The molecule has 1 aliphatic carbocycles. The van der Waals surface area contributed by atoms with Crippen LogP contribution in [0, 0.1) is 0 Å². The van der Waals surface area contributed by atoms with E-state index in [1.54, 1.807) is 13.0 Å². The Labute approximate surface area is 112 Å². The monoisotopic (exact) mass is 264 g/mol. The molecule has 18 heavy (non-hydrogen) atoms. The standard InChI is InChI=1S/C15H17ClO2/c1-11(17)14(18)15(16)9-7-13(8-10-15)12-5-3-2-4-6-12/h2-9,11,14,17-18H,10H2,1H3. The summed E-state index contributed by atoms with van der Waals surface area (Å²) in [7, 11) is 0. The first kappa shape index (κ1) is 13.3. The fourth-order valence-corrected chi connectivity index (χ4v) is 2.42. The van der Waals surface area contributed by atoms with Gasteiger partial charge in [-0.3, -0.25) is 0 Å². The molecule has 1 aromatic rings. The number of alkyl halides is 1. The van der Waals surface area contributed by atoms with Crippen molar-refractivity contribution in [3.63, 3.8) is 0 Å². The van der Waals surface area contributed by atoms with E-state index in [1.165, 1.54) is 0 Å². The van der Waals surface area contributed by atoms with Gasteiger partial charge in [-0.25, -0.2) is 0 Å². The SMILES string of the molecule is CC(O)C(O)C1(Cl)C=CC(c2ccccc2)=CC1. The summed E-state index contributed by atoms with van der Waals surface area (Å²) in [6.07, 6.45) is 4.35. The van der Waals surface area contributed by atoms with E-state index in [0.29, 0.717) is 6.42 Å². The predicted octanol–water partition coefficient (Wildman–Crippen LogP) is 2.75. The number of benzene rings is 1. The lowest BCUT2D eigenvalue weighted by molar-refractivity contribution is 0.0141. The Balaban J connectivity index is 2.17. The molecule has 0 spiro atoms. The second-order valence-corrected chi connectivity index (χ2v) is 5.38. The van der Waals surface area contributed by atoms with Crippen molar-refractivity contribution in [2.45, 2.75) is 30.4 Å². The molecule has 2 N–H and O–H groups in total. The van der Waals surface area contributed by atoms with Gasteiger partial charge in [0.2, 0.25) is 0 Å². The maximum atomic E-state index is 9.90. The van der Waals surface area contributed by atoms with Gasteiger partial charge in [0.25, 0.3) is 0 Å². The third-order valence-electron chi connectivity index (χ3n) is 3.23. The molecule has 3 atom stereocenters. The molecule has 0 saturated heterocycles. The van der Waals surface area contributed by atoms with Crippen molar-refractivity contribution in [2.75, 3.05) is 0 Å². The number of hydrogen-bond acceptors (Lipinski definition) is 2. The number of halogens is 1. The van der Waals surface area contributed by atoms with Crippen LogP contribution in [0.5, 0.6) is 0 Å². The summed E-state index contributed by atoms with van der Waals surface area (Å²) < 4.78 is 0. The normalized spacial score (nSPS) is 26.6. The van der Waals surface area contributed by atoms with Gasteiger partial charge in [0.1, 0.15) is 6.10 Å². The molecule has 3 heteroatoms. The van der Waals surface area contributed by atoms with Gasteiger partial charge in [0.15, 0.2) is 0 Å². The van der Waals surface area contributed by atoms with Crippen LogP contribution >= 0.6 is 11.6 Å². The van der Waals surface area contributed by atoms with Crippen molar-refractivity contribution in [1.82, 2.24) is 0 Å². The fraction of sp³-hybridized carbons (Fsp3) is 0.333. The van der Waals surface area contributed by atoms with E-state index < -0.39 is 17.1 Å². The van der Waals surface area contributed by atoms with Gasteiger partial charge in [-0.15, -0.1) is 11.6 Å². The first-order chi connectivity index (χ1) is 8.53. The van der Waals surface area contributed by atoms with Crippen molar-refractivity contribution >= 4 is 17.2 Å². The van der Waals surface area contributed by atoms with Gasteiger partial charge in [0.05, 0.1) is 11.0 Å². The van der Waals surface area contributed by atoms with Crippen LogP contribution in [-0.4, -0.2) is 27.3 Å². The number of rotatable bonds is 3. The molecule has 2 rings (SSSR count). The van der Waals surface area contributed by atoms with Crippen LogP contribution in [0.25, 0.3) is 5.57 Å². The Hall–Kier alpha value is -1.09. The molecule has 0 heterocycles. The van der Waals surface area contributed by atoms with E-state index in [1.807, 2.05) is 42.5 Å². The maximum absolute atomic E-state index is 9.90. The fourth-order valence-electron chi connectivity index (χ4n) is 2.10. The second-order valence-electron chi connectivity index (χ2n) is 4.68. The largest absolute Gasteiger partial charge is 0.391 e. The minimum atomic E-state index is -0.969. The Kier molecular flexibility index (Phi) is 3.91. The van der Waals surface area contributed by atoms with Crippen LogP contribution < -0.4 is 0 Å². The Morgan fingerprint density at radius 1 is 1.22 bits per heavy atom. The van der Waals surface area contributed by atoms with Crippen molar-refractivity contribution < 1.29 is 10.2 Å². The van der Waals surface area contributed by atoms with E-state index >= 15 is 0 Å². The lowest BCUT2D eigenvalue weighted by atomic mass is 9.87. The third kappa shape index (κ3) is 2.66. The average molecular weight is 265 g/mol. The molecule has 0 saturated carbocycles. The molecule has 0 radical (unpaired) electrons. The molecule has 0 fully saturated rings. The summed E-state index contributed by atoms with van der Waals surface area (Å²) in [6, 6.07) is 10.00. The minimum absolute atomic E-state index is 0.501. The summed E-state index contributed by atoms with van der Waals surface area (Å²) in [5.41, 5.74) is 2.21. The van der Waals surface area contributed by atoms with Gasteiger partial charge in [0, 0.05) is 0 Å². The Morgan fingerprint density at radius 3 is 2.39 bits per heavy atom. The van der Waals surface area contributed by atoms with Gasteiger partial charge < -0.3 is 10.2 Å². The van der Waals surface area contributed by atoms with Crippen LogP contribution in [0.2, 0.25) is 0 Å². The van der Waals surface area contributed by atoms with Crippen LogP contribution in [-0.2, 0) is 0 Å². The molecule has 0 amide bonds. The first-order valence-corrected chi connectivity index (χ1v) is 6.40. The molecule has 0 aliphatic heterocycles. The number of allylic oxidation sites excluding steroid dienone is 3. The van der Waals surface area contributed by atoms with E-state index in [9.17, 15) is 10.2 Å². The molecular weight excluding hydrogens is 248 g/mol. The highest BCUT2D eigenvalue weighted by molar-refractivity contribution is 6.26. The first-order valence-electron chi connectivity index (χ1n) is 6.03. The Bertz CT molecular complexity index is 465. The van der Waals surface area contributed by atoms with E-state index in [2.05, 4.69) is 0 Å². The van der Waals surface area contributed by atoms with Crippen molar-refractivity contribution in [3.8, 4) is 0 Å². The smallest absolute Gasteiger partial charge is 0.103 e. The highest BCUT2D eigenvalue weighted by atomic mass is 35.5. The molecule has 2 nitrogen and oxygen atoms in total. The van der Waals surface area contributed by atoms with E-state index in [-0.39, 0.29) is 0 Å². The number of hydrogen-bond donors (Lipinski definition) is 2. The second kappa shape index (κ2) is 5.27. The zero-order valence-corrected chi connectivity index (χ0v) is 11.0. The van der Waals surface area contributed by atoms with Gasteiger partial charge in [-0.1, -0.05) is 48.6 Å². The predicted molar refractivity (Wildman–Crippen MR) is 74.4 cm³/mol. The van der Waals surface area contributed by atoms with Crippen LogP contribution in [0.1, 0.15) is 18.9 Å². The van der Waals surface area contributed by atoms with Crippen LogP contribution in [0.4, 0.5) is 0 Å². The summed E-state index contributed by atoms with van der Waals surface area (Å²) in [6.45, 7) is 1.54. The summed E-state index contributed by atoms with van der Waals surface area (Å²) >= 11 is 6.33. The Morgan fingerprint density at radius 2 is 1.89 bits per heavy atom. The van der Waals surface area contributed by atoms with Crippen molar-refractivity contribution in [2.24, 2.45) is 0 Å². The number of aliphatic hydroxyl groups excluding tert-OH is 2. The zero-order chi connectivity index (χ0) is 13.2. The number of aliphatic hydroxyl groups is 2. The summed E-state index contributed by atoms with van der Waals surface area (Å²) in [4.78, 5) is -0.910. The van der Waals surface area contributed by atoms with Gasteiger partial charge >= 0.3 is 0 Å². The average Bonchev–Trinajstić information content (AvgIpc) is 2.39. The van der Waals surface area contributed by atoms with Crippen molar-refractivity contribution in [1.29, 1.82) is 0 Å². The summed E-state index contributed by atoms with van der Waals surface area (Å²) in [5.74, 6) is 0. The molecule has 1 aliphatic rings. The zero-order valence-electron chi connectivity index (χ0n) is 10.3. The molecule has 0 aromatic heterocycles. The summed E-state index contributed by atoms with van der Waals surface area (Å²) in [5, 5.41) is 19.3. The van der Waals surface area contributed by atoms with Gasteiger partial charge in [-0.05, 0) is 24.5 Å². The molecule has 3 unspecified atom stereocenters. The maximum Gasteiger partial charge on any atom is 0.103 e. The molecule has 1 aromatic carbocycles. The molecular formula is C15H17ClO2. The lowest BCUT2D eigenvalue weighted by Crippen LogP contribution is -2.42. The highest BCUT2D eigenvalue weighted by Crippen LogP contribution is 2.35. The topological polar surface area (TPSA) is 40.5 Å². The quantitative estimate of drug-likeness (QED) is 0.824. The van der Waals surface area contributed by atoms with Crippen molar-refractivity contribution in [3.05, 3.63) is 54.1 Å². The molecule has 96 valence electrons. The van der Waals surface area contributed by atoms with E-state index in [0.717, 1.165) is 11.1 Å². The highest BCUT2D eigenvalue weighted by Gasteiger charge is 2.36. The van der Waals surface area contributed by atoms with Gasteiger partial charge in [-0.2, -0.15) is 0 Å². The van der Waals surface area contributed by atoms with Crippen LogP contribution in [0.15, 0.2) is 48.6 Å². The van der Waals surface area contributed by atoms with Crippen LogP contribution in [0.3, 0.4) is 0 Å². The molecule has 0 bridgehead atoms. The lowest BCUT2D eigenvalue weighted by Gasteiger charge is -2.32. The minimum Gasteiger partial charge on any atom is -0.391 e. The van der Waals surface area contributed by atoms with E-state index in [4.69, 9.17) is 11.6 Å². The third-order valence-corrected chi connectivity index (χ3v) is 3.73.